The smallest absolute Gasteiger partial charge is 0.0197 e. The maximum atomic E-state index is 2.23. The Morgan fingerprint density at radius 2 is 1.58 bits per heavy atom. The summed E-state index contributed by atoms with van der Waals surface area (Å²) in [4.78, 5) is 0. The minimum Gasteiger partial charge on any atom is -0.0622 e. The zero-order chi connectivity index (χ0) is 8.23. The van der Waals surface area contributed by atoms with Gasteiger partial charge in [0.2, 0.25) is 0 Å². The van der Waals surface area contributed by atoms with Crippen molar-refractivity contribution in [1.82, 2.24) is 0 Å². The highest BCUT2D eigenvalue weighted by Gasteiger charge is 2.15. The fraction of sp³-hybridized carbons (Fsp3) is 0.417. The molecule has 12 heavy (non-hydrogen) atoms. The Morgan fingerprint density at radius 3 is 2.25 bits per heavy atom. The van der Waals surface area contributed by atoms with Crippen LogP contribution in [0.15, 0.2) is 30.3 Å². The third-order valence-electron chi connectivity index (χ3n) is 2.61. The fourth-order valence-electron chi connectivity index (χ4n) is 1.94. The lowest BCUT2D eigenvalue weighted by molar-refractivity contribution is 0.838. The molecular formula is C12H15. The first-order valence-electron chi connectivity index (χ1n) is 4.82. The lowest BCUT2D eigenvalue weighted by Crippen LogP contribution is -1.95. The maximum absolute atomic E-state index is 2.23. The van der Waals surface area contributed by atoms with Gasteiger partial charge >= 0.3 is 0 Å². The summed E-state index contributed by atoms with van der Waals surface area (Å²) in [6, 6.07) is 10.8. The van der Waals surface area contributed by atoms with Gasteiger partial charge in [-0.05, 0) is 30.7 Å². The Morgan fingerprint density at radius 1 is 0.917 bits per heavy atom. The van der Waals surface area contributed by atoms with Crippen molar-refractivity contribution >= 4 is 0 Å². The molecule has 1 fully saturated rings. The van der Waals surface area contributed by atoms with Crippen molar-refractivity contribution < 1.29 is 0 Å². The first-order valence-corrected chi connectivity index (χ1v) is 4.82. The van der Waals surface area contributed by atoms with Gasteiger partial charge in [0.05, 0.1) is 0 Å². The largest absolute Gasteiger partial charge is 0.0622 e. The Labute approximate surface area is 74.6 Å². The third kappa shape index (κ3) is 1.88. The summed E-state index contributed by atoms with van der Waals surface area (Å²) in [5, 5.41) is 0. The van der Waals surface area contributed by atoms with Crippen molar-refractivity contribution in [1.29, 1.82) is 0 Å². The molecule has 0 aromatic heterocycles. The second-order valence-electron chi connectivity index (χ2n) is 3.62. The highest BCUT2D eigenvalue weighted by molar-refractivity contribution is 5.19. The van der Waals surface area contributed by atoms with Crippen molar-refractivity contribution in [2.24, 2.45) is 0 Å². The van der Waals surface area contributed by atoms with Gasteiger partial charge in [-0.1, -0.05) is 43.2 Å². The van der Waals surface area contributed by atoms with Gasteiger partial charge in [-0.2, -0.15) is 0 Å². The van der Waals surface area contributed by atoms with Crippen LogP contribution in [0, 0.1) is 5.92 Å². The molecule has 0 N–H and O–H groups in total. The molecule has 0 atom stereocenters. The summed E-state index contributed by atoms with van der Waals surface area (Å²) < 4.78 is 0. The molecule has 0 unspecified atom stereocenters. The van der Waals surface area contributed by atoms with Crippen molar-refractivity contribution in [2.45, 2.75) is 32.1 Å². The van der Waals surface area contributed by atoms with Gasteiger partial charge in [-0.3, -0.25) is 0 Å². The number of benzene rings is 1. The highest BCUT2D eigenvalue weighted by Crippen LogP contribution is 2.29. The lowest BCUT2D eigenvalue weighted by atomic mass is 9.98. The van der Waals surface area contributed by atoms with E-state index in [1.807, 2.05) is 0 Å². The maximum Gasteiger partial charge on any atom is -0.0197 e. The zero-order valence-electron chi connectivity index (χ0n) is 7.42. The molecule has 1 aliphatic rings. The standard InChI is InChI=1S/C12H15/c1-2-6-11(7-3-1)10-12-8-4-5-9-12/h1-3,6-7H,4-5,8-10H2. The minimum absolute atomic E-state index is 1.22. The number of rotatable bonds is 2. The Balaban J connectivity index is 1.94. The minimum atomic E-state index is 1.22. The molecule has 1 aromatic rings. The van der Waals surface area contributed by atoms with Gasteiger partial charge < -0.3 is 0 Å². The van der Waals surface area contributed by atoms with Crippen LogP contribution in [0.4, 0.5) is 0 Å². The van der Waals surface area contributed by atoms with Crippen LogP contribution in [-0.4, -0.2) is 0 Å². The van der Waals surface area contributed by atoms with E-state index in [-0.39, 0.29) is 0 Å². The average Bonchev–Trinajstić information content (AvgIpc) is 2.59. The van der Waals surface area contributed by atoms with Gasteiger partial charge in [0, 0.05) is 0 Å². The van der Waals surface area contributed by atoms with Crippen LogP contribution in [0.3, 0.4) is 0 Å². The predicted molar refractivity (Wildman–Crippen MR) is 51.9 cm³/mol. The molecule has 0 amide bonds. The molecule has 1 radical (unpaired) electrons. The van der Waals surface area contributed by atoms with Gasteiger partial charge in [-0.25, -0.2) is 0 Å². The van der Waals surface area contributed by atoms with Crippen LogP contribution < -0.4 is 0 Å². The molecule has 0 saturated heterocycles. The van der Waals surface area contributed by atoms with Crippen LogP contribution in [-0.2, 0) is 6.42 Å². The molecule has 0 bridgehead atoms. The summed E-state index contributed by atoms with van der Waals surface area (Å²) in [5.41, 5.74) is 1.48. The van der Waals surface area contributed by atoms with Gasteiger partial charge in [-0.15, -0.1) is 0 Å². The summed E-state index contributed by atoms with van der Waals surface area (Å²) >= 11 is 0. The summed E-state index contributed by atoms with van der Waals surface area (Å²) in [6.07, 6.45) is 6.80. The summed E-state index contributed by atoms with van der Waals surface area (Å²) in [7, 11) is 0. The van der Waals surface area contributed by atoms with Crippen LogP contribution in [0.1, 0.15) is 31.2 Å². The van der Waals surface area contributed by atoms with Gasteiger partial charge in [0.1, 0.15) is 0 Å². The molecule has 63 valence electrons. The van der Waals surface area contributed by atoms with E-state index in [2.05, 4.69) is 30.3 Å². The molecule has 0 aliphatic heterocycles. The van der Waals surface area contributed by atoms with Crippen LogP contribution in [0.5, 0.6) is 0 Å². The number of hydrogen-bond acceptors (Lipinski definition) is 0. The van der Waals surface area contributed by atoms with Crippen LogP contribution in [0.2, 0.25) is 0 Å². The topological polar surface area (TPSA) is 0 Å². The first-order chi connectivity index (χ1) is 5.95. The molecule has 0 nitrogen and oxygen atoms in total. The Hall–Kier alpha value is -0.780. The van der Waals surface area contributed by atoms with Crippen molar-refractivity contribution in [3.8, 4) is 0 Å². The van der Waals surface area contributed by atoms with Gasteiger partial charge in [0.15, 0.2) is 0 Å². The van der Waals surface area contributed by atoms with Crippen molar-refractivity contribution in [3.63, 3.8) is 0 Å². The molecule has 1 saturated carbocycles. The third-order valence-corrected chi connectivity index (χ3v) is 2.61. The summed E-state index contributed by atoms with van der Waals surface area (Å²) in [5.74, 6) is 1.75. The molecule has 1 aliphatic carbocycles. The molecular weight excluding hydrogens is 144 g/mol. The van der Waals surface area contributed by atoms with Crippen LogP contribution in [0.25, 0.3) is 0 Å². The normalized spacial score (nSPS) is 18.3. The van der Waals surface area contributed by atoms with Crippen molar-refractivity contribution in [3.05, 3.63) is 41.8 Å². The van der Waals surface area contributed by atoms with E-state index in [1.54, 1.807) is 5.92 Å². The Kier molecular flexibility index (Phi) is 2.45. The van der Waals surface area contributed by atoms with Crippen LogP contribution >= 0.6 is 0 Å². The molecule has 2 rings (SSSR count). The quantitative estimate of drug-likeness (QED) is 0.620. The second-order valence-corrected chi connectivity index (χ2v) is 3.62. The first kappa shape index (κ1) is 7.85. The molecule has 0 spiro atoms. The summed E-state index contributed by atoms with van der Waals surface area (Å²) in [6.45, 7) is 0. The van der Waals surface area contributed by atoms with E-state index >= 15 is 0 Å². The fourth-order valence-corrected chi connectivity index (χ4v) is 1.94. The van der Waals surface area contributed by atoms with E-state index in [9.17, 15) is 0 Å². The van der Waals surface area contributed by atoms with E-state index in [4.69, 9.17) is 0 Å². The highest BCUT2D eigenvalue weighted by atomic mass is 14.2. The molecule has 0 heteroatoms. The lowest BCUT2D eigenvalue weighted by Gasteiger charge is -2.06. The second kappa shape index (κ2) is 3.75. The Bertz CT molecular complexity index is 219. The van der Waals surface area contributed by atoms with E-state index in [0.29, 0.717) is 0 Å². The average molecular weight is 159 g/mol. The van der Waals surface area contributed by atoms with E-state index in [0.717, 1.165) is 0 Å². The molecule has 0 heterocycles. The van der Waals surface area contributed by atoms with Gasteiger partial charge in [0.25, 0.3) is 0 Å². The van der Waals surface area contributed by atoms with Crippen molar-refractivity contribution in [2.75, 3.05) is 0 Å². The van der Waals surface area contributed by atoms with E-state index < -0.39 is 0 Å². The predicted octanol–water partition coefficient (Wildman–Crippen LogP) is 3.38. The molecule has 1 aromatic carbocycles. The monoisotopic (exact) mass is 159 g/mol. The zero-order valence-corrected chi connectivity index (χ0v) is 7.42. The number of hydrogen-bond donors (Lipinski definition) is 0. The van der Waals surface area contributed by atoms with E-state index in [1.165, 1.54) is 37.7 Å². The SMILES string of the molecule is c1ccc(C[C]2CCCC2)cc1.